The average molecular weight is 275 g/mol. The second-order valence-corrected chi connectivity index (χ2v) is 5.90. The fourth-order valence-corrected chi connectivity index (χ4v) is 3.00. The molecule has 2 aromatic rings. The lowest BCUT2D eigenvalue weighted by Gasteiger charge is -2.33. The molecule has 1 aliphatic carbocycles. The van der Waals surface area contributed by atoms with Gasteiger partial charge in [0.2, 0.25) is 0 Å². The first kappa shape index (κ1) is 13.4. The number of nitrogens with zero attached hydrogens (tertiary/aromatic N) is 2. The van der Waals surface area contributed by atoms with Gasteiger partial charge in [-0.25, -0.2) is 0 Å². The number of hydrogen-bond acceptors (Lipinski definition) is 5. The van der Waals surface area contributed by atoms with Gasteiger partial charge < -0.3 is 14.7 Å². The van der Waals surface area contributed by atoms with Gasteiger partial charge in [0.1, 0.15) is 5.76 Å². The molecule has 2 N–H and O–H groups in total. The Morgan fingerprint density at radius 1 is 1.45 bits per heavy atom. The molecular formula is C15H21N3O2. The summed E-state index contributed by atoms with van der Waals surface area (Å²) in [6.07, 6.45) is 5.00. The number of nitrogens with two attached hydrogens (primary N) is 1. The molecule has 0 aliphatic heterocycles. The number of hydrogen-bond donors (Lipinski definition) is 1. The van der Waals surface area contributed by atoms with E-state index in [-0.39, 0.29) is 0 Å². The second-order valence-electron chi connectivity index (χ2n) is 5.90. The highest BCUT2D eigenvalue weighted by Gasteiger charge is 2.37. The third-order valence-electron chi connectivity index (χ3n) is 4.12. The molecule has 2 unspecified atom stereocenters. The Bertz CT molecular complexity index is 589. The van der Waals surface area contributed by atoms with Gasteiger partial charge in [-0.05, 0) is 30.9 Å². The first-order valence-corrected chi connectivity index (χ1v) is 7.33. The van der Waals surface area contributed by atoms with Gasteiger partial charge in [0.25, 0.3) is 5.89 Å². The van der Waals surface area contributed by atoms with Crippen molar-refractivity contribution in [1.29, 1.82) is 0 Å². The zero-order valence-electron chi connectivity index (χ0n) is 12.1. The van der Waals surface area contributed by atoms with Crippen LogP contribution >= 0.6 is 0 Å². The third kappa shape index (κ3) is 2.38. The van der Waals surface area contributed by atoms with Crippen molar-refractivity contribution in [2.24, 2.45) is 11.7 Å². The fraction of sp³-hybridized carbons (Fsp3) is 0.600. The minimum atomic E-state index is -0.459. The molecule has 2 aromatic heterocycles. The van der Waals surface area contributed by atoms with Gasteiger partial charge in [-0.1, -0.05) is 31.8 Å². The minimum absolute atomic E-state index is 0.419. The van der Waals surface area contributed by atoms with Gasteiger partial charge in [0.15, 0.2) is 11.6 Å². The van der Waals surface area contributed by atoms with E-state index < -0.39 is 5.54 Å². The minimum Gasteiger partial charge on any atom is -0.456 e. The zero-order valence-corrected chi connectivity index (χ0v) is 12.1. The summed E-state index contributed by atoms with van der Waals surface area (Å²) in [4.78, 5) is 4.46. The molecule has 2 atom stereocenters. The number of rotatable bonds is 3. The van der Waals surface area contributed by atoms with Crippen LogP contribution in [0.2, 0.25) is 0 Å². The highest BCUT2D eigenvalue weighted by molar-refractivity contribution is 5.44. The summed E-state index contributed by atoms with van der Waals surface area (Å²) in [6.45, 7) is 4.27. The van der Waals surface area contributed by atoms with Crippen molar-refractivity contribution in [2.75, 3.05) is 0 Å². The Kier molecular flexibility index (Phi) is 3.38. The smallest absolute Gasteiger partial charge is 0.293 e. The maximum absolute atomic E-state index is 6.48. The molecule has 108 valence electrons. The van der Waals surface area contributed by atoms with Crippen molar-refractivity contribution in [3.63, 3.8) is 0 Å². The van der Waals surface area contributed by atoms with Gasteiger partial charge >= 0.3 is 0 Å². The van der Waals surface area contributed by atoms with Crippen LogP contribution in [0.25, 0.3) is 11.7 Å². The summed E-state index contributed by atoms with van der Waals surface area (Å²) in [5.41, 5.74) is 6.02. The third-order valence-corrected chi connectivity index (χ3v) is 4.12. The topological polar surface area (TPSA) is 78.1 Å². The molecule has 1 fully saturated rings. The van der Waals surface area contributed by atoms with E-state index in [1.54, 1.807) is 0 Å². The van der Waals surface area contributed by atoms with Gasteiger partial charge in [0.05, 0.1) is 5.54 Å². The van der Waals surface area contributed by atoms with Crippen LogP contribution in [0.3, 0.4) is 0 Å². The lowest BCUT2D eigenvalue weighted by Crippen LogP contribution is -2.42. The molecule has 3 rings (SSSR count). The summed E-state index contributed by atoms with van der Waals surface area (Å²) >= 11 is 0. The van der Waals surface area contributed by atoms with Gasteiger partial charge in [0, 0.05) is 6.42 Å². The predicted octanol–water partition coefficient (Wildman–Crippen LogP) is 3.26. The number of furan rings is 1. The summed E-state index contributed by atoms with van der Waals surface area (Å²) in [5, 5.41) is 4.09. The SMILES string of the molecule is CCc1ccc(-c2nc(C3(N)CCCC(C)C3)no2)o1. The molecule has 0 saturated heterocycles. The van der Waals surface area contributed by atoms with Crippen LogP contribution in [-0.4, -0.2) is 10.1 Å². The Morgan fingerprint density at radius 2 is 2.30 bits per heavy atom. The molecule has 1 aliphatic rings. The molecule has 5 nitrogen and oxygen atoms in total. The monoisotopic (exact) mass is 275 g/mol. The molecular weight excluding hydrogens is 254 g/mol. The van der Waals surface area contributed by atoms with E-state index in [1.165, 1.54) is 6.42 Å². The van der Waals surface area contributed by atoms with Crippen molar-refractivity contribution >= 4 is 0 Å². The average Bonchev–Trinajstić information content (AvgIpc) is 3.07. The lowest BCUT2D eigenvalue weighted by molar-refractivity contribution is 0.222. The quantitative estimate of drug-likeness (QED) is 0.930. The van der Waals surface area contributed by atoms with Crippen LogP contribution in [0.15, 0.2) is 21.1 Å². The fourth-order valence-electron chi connectivity index (χ4n) is 3.00. The van der Waals surface area contributed by atoms with Crippen molar-refractivity contribution < 1.29 is 8.94 Å². The molecule has 0 radical (unpaired) electrons. The van der Waals surface area contributed by atoms with Crippen molar-refractivity contribution in [2.45, 2.75) is 51.5 Å². The Morgan fingerprint density at radius 3 is 3.00 bits per heavy atom. The Labute approximate surface area is 118 Å². The molecule has 0 aromatic carbocycles. The maximum atomic E-state index is 6.48. The zero-order chi connectivity index (χ0) is 14.2. The van der Waals surface area contributed by atoms with Crippen LogP contribution in [-0.2, 0) is 12.0 Å². The van der Waals surface area contributed by atoms with E-state index >= 15 is 0 Å². The molecule has 0 amide bonds. The first-order valence-electron chi connectivity index (χ1n) is 7.33. The van der Waals surface area contributed by atoms with Crippen LogP contribution in [0.5, 0.6) is 0 Å². The van der Waals surface area contributed by atoms with E-state index in [1.807, 2.05) is 19.1 Å². The standard InChI is InChI=1S/C15H21N3O2/c1-3-11-6-7-12(19-11)13-17-14(18-20-13)15(16)8-4-5-10(2)9-15/h6-7,10H,3-5,8-9,16H2,1-2H3. The van der Waals surface area contributed by atoms with Crippen molar-refractivity contribution in [1.82, 2.24) is 10.1 Å². The largest absolute Gasteiger partial charge is 0.456 e. The molecule has 5 heteroatoms. The summed E-state index contributed by atoms with van der Waals surface area (Å²) in [7, 11) is 0. The molecule has 2 heterocycles. The Hall–Kier alpha value is -1.62. The van der Waals surface area contributed by atoms with Crippen LogP contribution in [0.1, 0.15) is 51.1 Å². The van der Waals surface area contributed by atoms with E-state index in [4.69, 9.17) is 14.7 Å². The molecule has 1 saturated carbocycles. The Balaban J connectivity index is 1.86. The van der Waals surface area contributed by atoms with E-state index in [0.717, 1.165) is 31.4 Å². The second kappa shape index (κ2) is 5.05. The van der Waals surface area contributed by atoms with E-state index in [2.05, 4.69) is 17.1 Å². The van der Waals surface area contributed by atoms with Crippen LogP contribution in [0, 0.1) is 5.92 Å². The maximum Gasteiger partial charge on any atom is 0.293 e. The highest BCUT2D eigenvalue weighted by Crippen LogP contribution is 2.37. The van der Waals surface area contributed by atoms with Crippen molar-refractivity contribution in [3.05, 3.63) is 23.7 Å². The number of aromatic nitrogens is 2. The summed E-state index contributed by atoms with van der Waals surface area (Å²) in [6, 6.07) is 3.79. The molecule has 20 heavy (non-hydrogen) atoms. The predicted molar refractivity (Wildman–Crippen MR) is 74.9 cm³/mol. The molecule has 0 spiro atoms. The van der Waals surface area contributed by atoms with Crippen LogP contribution in [0.4, 0.5) is 0 Å². The van der Waals surface area contributed by atoms with Gasteiger partial charge in [-0.2, -0.15) is 4.98 Å². The summed E-state index contributed by atoms with van der Waals surface area (Å²) in [5.74, 6) is 3.16. The van der Waals surface area contributed by atoms with Gasteiger partial charge in [-0.15, -0.1) is 0 Å². The molecule has 0 bridgehead atoms. The normalized spacial score (nSPS) is 26.9. The van der Waals surface area contributed by atoms with Gasteiger partial charge in [-0.3, -0.25) is 0 Å². The van der Waals surface area contributed by atoms with Crippen molar-refractivity contribution in [3.8, 4) is 11.7 Å². The summed E-state index contributed by atoms with van der Waals surface area (Å²) < 4.78 is 11.0. The van der Waals surface area contributed by atoms with E-state index in [9.17, 15) is 0 Å². The van der Waals surface area contributed by atoms with E-state index in [0.29, 0.717) is 23.4 Å². The highest BCUT2D eigenvalue weighted by atomic mass is 16.5. The van der Waals surface area contributed by atoms with Crippen LogP contribution < -0.4 is 5.73 Å². The number of aryl methyl sites for hydroxylation is 1. The first-order chi connectivity index (χ1) is 9.60. The lowest BCUT2D eigenvalue weighted by atomic mass is 9.76.